The van der Waals surface area contributed by atoms with Crippen molar-refractivity contribution in [3.8, 4) is 5.75 Å². The minimum atomic E-state index is -0.343. The molecular formula is C17H30FN3O2. The summed E-state index contributed by atoms with van der Waals surface area (Å²) < 4.78 is 18.6. The molecule has 1 aromatic rings. The van der Waals surface area contributed by atoms with E-state index in [4.69, 9.17) is 10.6 Å². The lowest BCUT2D eigenvalue weighted by molar-refractivity contribution is -0.123. The fourth-order valence-electron chi connectivity index (χ4n) is 1.75. The second-order valence-corrected chi connectivity index (χ2v) is 5.20. The number of carbonyl (C=O) groups is 1. The van der Waals surface area contributed by atoms with Gasteiger partial charge in [-0.25, -0.2) is 9.40 Å². The third-order valence-corrected chi connectivity index (χ3v) is 3.11. The molecule has 0 bridgehead atoms. The average molecular weight is 327 g/mol. The van der Waals surface area contributed by atoms with Crippen LogP contribution in [0.2, 0.25) is 0 Å². The highest BCUT2D eigenvalue weighted by atomic mass is 19.1. The van der Waals surface area contributed by atoms with Crippen LogP contribution in [0.5, 0.6) is 5.75 Å². The van der Waals surface area contributed by atoms with Gasteiger partial charge in [-0.2, -0.15) is 0 Å². The lowest BCUT2D eigenvalue weighted by atomic mass is 10.2. The quantitative estimate of drug-likeness (QED) is 0.569. The van der Waals surface area contributed by atoms with Crippen LogP contribution in [0.3, 0.4) is 0 Å². The summed E-state index contributed by atoms with van der Waals surface area (Å²) in [5, 5.41) is 4.47. The monoisotopic (exact) mass is 327 g/mol. The second-order valence-electron chi connectivity index (χ2n) is 5.20. The van der Waals surface area contributed by atoms with Crippen LogP contribution in [0.25, 0.3) is 0 Å². The van der Waals surface area contributed by atoms with Gasteiger partial charge in [-0.3, -0.25) is 10.6 Å². The van der Waals surface area contributed by atoms with Crippen LogP contribution >= 0.6 is 0 Å². The normalized spacial score (nSPS) is 11.5. The molecule has 0 saturated carbocycles. The Balaban J connectivity index is 0.00000232. The van der Waals surface area contributed by atoms with Crippen molar-refractivity contribution in [2.75, 3.05) is 26.2 Å². The van der Waals surface area contributed by atoms with Crippen LogP contribution in [-0.2, 0) is 4.79 Å². The van der Waals surface area contributed by atoms with Crippen LogP contribution in [0.1, 0.15) is 33.3 Å². The molecule has 3 N–H and O–H groups in total. The smallest absolute Gasteiger partial charge is 0.257 e. The molecule has 0 heterocycles. The summed E-state index contributed by atoms with van der Waals surface area (Å²) in [7, 11) is 0. The number of nitrogens with one attached hydrogen (secondary N) is 1. The Morgan fingerprint density at radius 2 is 2.09 bits per heavy atom. The zero-order chi connectivity index (χ0) is 17.8. The van der Waals surface area contributed by atoms with Crippen molar-refractivity contribution < 1.29 is 13.9 Å². The van der Waals surface area contributed by atoms with E-state index in [0.29, 0.717) is 24.4 Å². The number of amides is 1. The van der Waals surface area contributed by atoms with E-state index in [9.17, 15) is 9.18 Å². The molecule has 0 aliphatic rings. The van der Waals surface area contributed by atoms with Crippen molar-refractivity contribution in [1.29, 1.82) is 0 Å². The molecule has 0 saturated heterocycles. The second kappa shape index (κ2) is 11.8. The van der Waals surface area contributed by atoms with Gasteiger partial charge < -0.3 is 10.1 Å². The summed E-state index contributed by atoms with van der Waals surface area (Å²) in [6.07, 6.45) is 0. The molecule has 5 nitrogen and oxygen atoms in total. The van der Waals surface area contributed by atoms with Gasteiger partial charge in [0.1, 0.15) is 11.6 Å². The molecular weight excluding hydrogens is 297 g/mol. The zero-order valence-corrected chi connectivity index (χ0v) is 14.9. The van der Waals surface area contributed by atoms with Gasteiger partial charge in [-0.15, -0.1) is 0 Å². The molecule has 1 unspecified atom stereocenters. The van der Waals surface area contributed by atoms with E-state index >= 15 is 0 Å². The SMILES string of the molecule is CC.CCN(N)CC(C)CNC(=O)COc1ccc(C)c(F)c1. The maximum absolute atomic E-state index is 13.3. The molecule has 0 aliphatic heterocycles. The summed E-state index contributed by atoms with van der Waals surface area (Å²) >= 11 is 0. The molecule has 6 heteroatoms. The lowest BCUT2D eigenvalue weighted by Gasteiger charge is -2.19. The molecule has 1 rings (SSSR count). The summed E-state index contributed by atoms with van der Waals surface area (Å²) in [5.41, 5.74) is 0.544. The Morgan fingerprint density at radius 1 is 1.43 bits per heavy atom. The Kier molecular flexibility index (Phi) is 11.0. The van der Waals surface area contributed by atoms with Crippen LogP contribution in [0, 0.1) is 18.7 Å². The number of hydrogen-bond acceptors (Lipinski definition) is 4. The van der Waals surface area contributed by atoms with E-state index in [1.807, 2.05) is 27.7 Å². The number of aryl methyl sites for hydroxylation is 1. The summed E-state index contributed by atoms with van der Waals surface area (Å²) in [5.74, 6) is 5.72. The Bertz CT molecular complexity index is 469. The van der Waals surface area contributed by atoms with E-state index < -0.39 is 0 Å². The Labute approximate surface area is 139 Å². The molecule has 1 amide bonds. The molecule has 0 aromatic heterocycles. The number of carbonyl (C=O) groups excluding carboxylic acids is 1. The number of benzene rings is 1. The molecule has 1 atom stereocenters. The van der Waals surface area contributed by atoms with Crippen molar-refractivity contribution >= 4 is 5.91 Å². The highest BCUT2D eigenvalue weighted by Gasteiger charge is 2.09. The van der Waals surface area contributed by atoms with E-state index in [-0.39, 0.29) is 24.2 Å². The average Bonchev–Trinajstić information content (AvgIpc) is 2.55. The van der Waals surface area contributed by atoms with Crippen molar-refractivity contribution in [2.45, 2.75) is 34.6 Å². The minimum absolute atomic E-state index is 0.130. The number of hydrogen-bond donors (Lipinski definition) is 2. The van der Waals surface area contributed by atoms with Crippen LogP contribution in [0.4, 0.5) is 4.39 Å². The molecule has 23 heavy (non-hydrogen) atoms. The molecule has 0 aliphatic carbocycles. The van der Waals surface area contributed by atoms with Gasteiger partial charge in [0, 0.05) is 25.7 Å². The Hall–Kier alpha value is -1.66. The van der Waals surface area contributed by atoms with Crippen molar-refractivity contribution in [3.05, 3.63) is 29.6 Å². The van der Waals surface area contributed by atoms with Crippen LogP contribution in [-0.4, -0.2) is 37.2 Å². The van der Waals surface area contributed by atoms with Gasteiger partial charge in [-0.1, -0.05) is 33.8 Å². The molecule has 0 spiro atoms. The van der Waals surface area contributed by atoms with E-state index in [1.54, 1.807) is 24.1 Å². The highest BCUT2D eigenvalue weighted by molar-refractivity contribution is 5.77. The fraction of sp³-hybridized carbons (Fsp3) is 0.588. The van der Waals surface area contributed by atoms with Gasteiger partial charge in [0.25, 0.3) is 5.91 Å². The largest absolute Gasteiger partial charge is 0.484 e. The van der Waals surface area contributed by atoms with E-state index in [1.165, 1.54) is 6.07 Å². The van der Waals surface area contributed by atoms with Gasteiger partial charge in [0.05, 0.1) is 0 Å². The molecule has 132 valence electrons. The number of rotatable bonds is 8. The van der Waals surface area contributed by atoms with Crippen LogP contribution < -0.4 is 15.9 Å². The third-order valence-electron chi connectivity index (χ3n) is 3.11. The summed E-state index contributed by atoms with van der Waals surface area (Å²) in [4.78, 5) is 11.7. The number of halogens is 1. The fourth-order valence-corrected chi connectivity index (χ4v) is 1.75. The predicted molar refractivity (Wildman–Crippen MR) is 91.6 cm³/mol. The first kappa shape index (κ1) is 21.3. The first-order chi connectivity index (χ1) is 10.9. The van der Waals surface area contributed by atoms with Crippen molar-refractivity contribution in [2.24, 2.45) is 11.8 Å². The van der Waals surface area contributed by atoms with Gasteiger partial charge >= 0.3 is 0 Å². The van der Waals surface area contributed by atoms with Gasteiger partial charge in [0.2, 0.25) is 0 Å². The highest BCUT2D eigenvalue weighted by Crippen LogP contribution is 2.15. The zero-order valence-electron chi connectivity index (χ0n) is 14.9. The Morgan fingerprint density at radius 3 is 2.65 bits per heavy atom. The number of ether oxygens (including phenoxy) is 1. The maximum Gasteiger partial charge on any atom is 0.257 e. The van der Waals surface area contributed by atoms with Crippen LogP contribution in [0.15, 0.2) is 18.2 Å². The summed E-state index contributed by atoms with van der Waals surface area (Å²) in [6, 6.07) is 4.53. The van der Waals surface area contributed by atoms with E-state index in [0.717, 1.165) is 6.54 Å². The predicted octanol–water partition coefficient (Wildman–Crippen LogP) is 2.49. The standard InChI is InChI=1S/C15H24FN3O2.C2H6/c1-4-19(17)9-11(2)8-18-15(20)10-21-13-6-5-12(3)14(16)7-13;1-2/h5-7,11H,4,8-10,17H2,1-3H3,(H,18,20);1-2H3. The summed E-state index contributed by atoms with van der Waals surface area (Å²) in [6.45, 7) is 11.5. The number of nitrogens with zero attached hydrogens (tertiary/aromatic N) is 1. The molecule has 0 fully saturated rings. The number of hydrazine groups is 1. The third kappa shape index (κ3) is 9.15. The maximum atomic E-state index is 13.3. The molecule has 1 aromatic carbocycles. The molecule has 0 radical (unpaired) electrons. The first-order valence-electron chi connectivity index (χ1n) is 8.07. The minimum Gasteiger partial charge on any atom is -0.484 e. The number of nitrogens with two attached hydrogens (primary N) is 1. The van der Waals surface area contributed by atoms with Crippen molar-refractivity contribution in [3.63, 3.8) is 0 Å². The van der Waals surface area contributed by atoms with E-state index in [2.05, 4.69) is 5.32 Å². The van der Waals surface area contributed by atoms with Gasteiger partial charge in [0.15, 0.2) is 6.61 Å². The van der Waals surface area contributed by atoms with Gasteiger partial charge in [-0.05, 0) is 24.5 Å². The van der Waals surface area contributed by atoms with Crippen molar-refractivity contribution in [1.82, 2.24) is 10.3 Å². The first-order valence-corrected chi connectivity index (χ1v) is 8.07. The topological polar surface area (TPSA) is 67.6 Å². The lowest BCUT2D eigenvalue weighted by Crippen LogP contribution is -2.40.